The zero-order valence-corrected chi connectivity index (χ0v) is 17.3. The lowest BCUT2D eigenvalue weighted by Crippen LogP contribution is -2.41. The number of carbonyl (C=O) groups is 1. The maximum Gasteiger partial charge on any atom is 0.264 e. The fourth-order valence-electron chi connectivity index (χ4n) is 2.99. The van der Waals surface area contributed by atoms with Gasteiger partial charge in [-0.25, -0.2) is 8.42 Å². The van der Waals surface area contributed by atoms with Gasteiger partial charge in [-0.05, 0) is 43.7 Å². The van der Waals surface area contributed by atoms with E-state index in [-0.39, 0.29) is 23.4 Å². The molecule has 3 aromatic carbocycles. The van der Waals surface area contributed by atoms with Gasteiger partial charge >= 0.3 is 0 Å². The number of nitrogens with one attached hydrogen (secondary N) is 1. The number of rotatable bonds is 7. The highest BCUT2D eigenvalue weighted by atomic mass is 32.2. The second-order valence-corrected chi connectivity index (χ2v) is 8.72. The molecule has 3 aromatic rings. The van der Waals surface area contributed by atoms with Crippen LogP contribution in [0.3, 0.4) is 0 Å². The van der Waals surface area contributed by atoms with Crippen molar-refractivity contribution in [2.45, 2.75) is 24.8 Å². The van der Waals surface area contributed by atoms with Crippen LogP contribution in [0.25, 0.3) is 0 Å². The van der Waals surface area contributed by atoms with Crippen molar-refractivity contribution in [1.29, 1.82) is 0 Å². The van der Waals surface area contributed by atoms with Gasteiger partial charge in [-0.3, -0.25) is 9.10 Å². The van der Waals surface area contributed by atoms with Gasteiger partial charge in [-0.15, -0.1) is 0 Å². The number of para-hydroxylation sites is 1. The Labute approximate surface area is 172 Å². The summed E-state index contributed by atoms with van der Waals surface area (Å²) in [6.07, 6.45) is 0. The second kappa shape index (κ2) is 8.92. The predicted octanol–water partition coefficient (Wildman–Crippen LogP) is 4.07. The van der Waals surface area contributed by atoms with Crippen LogP contribution >= 0.6 is 0 Å². The summed E-state index contributed by atoms with van der Waals surface area (Å²) >= 11 is 0. The molecule has 0 saturated carbocycles. The monoisotopic (exact) mass is 408 g/mol. The van der Waals surface area contributed by atoms with Gasteiger partial charge in [0, 0.05) is 0 Å². The first-order valence-corrected chi connectivity index (χ1v) is 10.8. The lowest BCUT2D eigenvalue weighted by atomic mass is 10.1. The lowest BCUT2D eigenvalue weighted by molar-refractivity contribution is -0.120. The van der Waals surface area contributed by atoms with Crippen molar-refractivity contribution in [3.8, 4) is 0 Å². The van der Waals surface area contributed by atoms with Crippen molar-refractivity contribution in [1.82, 2.24) is 5.32 Å². The van der Waals surface area contributed by atoms with Crippen molar-refractivity contribution in [2.75, 3.05) is 10.8 Å². The van der Waals surface area contributed by atoms with Crippen LogP contribution in [0, 0.1) is 6.92 Å². The van der Waals surface area contributed by atoms with E-state index in [1.807, 2.05) is 44.2 Å². The third-order valence-electron chi connectivity index (χ3n) is 4.62. The Kier molecular flexibility index (Phi) is 6.34. The smallest absolute Gasteiger partial charge is 0.264 e. The van der Waals surface area contributed by atoms with Crippen LogP contribution in [0.15, 0.2) is 89.8 Å². The van der Waals surface area contributed by atoms with Gasteiger partial charge in [0.15, 0.2) is 0 Å². The Bertz CT molecular complexity index is 1050. The Morgan fingerprint density at radius 3 is 2.03 bits per heavy atom. The highest BCUT2D eigenvalue weighted by molar-refractivity contribution is 7.92. The molecule has 1 atom stereocenters. The van der Waals surface area contributed by atoms with E-state index in [1.54, 1.807) is 54.6 Å². The van der Waals surface area contributed by atoms with Crippen LogP contribution in [0.1, 0.15) is 24.1 Å². The molecule has 1 N–H and O–H groups in total. The van der Waals surface area contributed by atoms with E-state index in [0.717, 1.165) is 15.4 Å². The van der Waals surface area contributed by atoms with Gasteiger partial charge in [0.25, 0.3) is 10.0 Å². The van der Waals surface area contributed by atoms with Crippen molar-refractivity contribution in [2.24, 2.45) is 0 Å². The predicted molar refractivity (Wildman–Crippen MR) is 115 cm³/mol. The van der Waals surface area contributed by atoms with Gasteiger partial charge < -0.3 is 5.32 Å². The van der Waals surface area contributed by atoms with Crippen molar-refractivity contribution >= 4 is 21.6 Å². The number of hydrogen-bond acceptors (Lipinski definition) is 3. The molecule has 5 nitrogen and oxygen atoms in total. The molecule has 3 rings (SSSR count). The number of sulfonamides is 1. The highest BCUT2D eigenvalue weighted by Gasteiger charge is 2.27. The SMILES string of the molecule is Cc1ccc(S(=O)(=O)N(CC(=O)NC(C)c2ccccc2)c2ccccc2)cc1. The van der Waals surface area contributed by atoms with Crippen LogP contribution < -0.4 is 9.62 Å². The van der Waals surface area contributed by atoms with Crippen LogP contribution in [0.4, 0.5) is 5.69 Å². The van der Waals surface area contributed by atoms with Gasteiger partial charge in [0.2, 0.25) is 5.91 Å². The molecule has 0 aliphatic rings. The van der Waals surface area contributed by atoms with Crippen molar-refractivity contribution < 1.29 is 13.2 Å². The number of aryl methyl sites for hydroxylation is 1. The summed E-state index contributed by atoms with van der Waals surface area (Å²) in [6, 6.07) is 24.6. The Morgan fingerprint density at radius 1 is 0.897 bits per heavy atom. The molecule has 0 fully saturated rings. The molecule has 6 heteroatoms. The number of benzene rings is 3. The van der Waals surface area contributed by atoms with Crippen LogP contribution in [0.2, 0.25) is 0 Å². The number of hydrogen-bond donors (Lipinski definition) is 1. The van der Waals surface area contributed by atoms with E-state index in [2.05, 4.69) is 5.32 Å². The third-order valence-corrected chi connectivity index (χ3v) is 6.41. The molecule has 0 aliphatic carbocycles. The topological polar surface area (TPSA) is 66.5 Å². The normalized spacial score (nSPS) is 12.2. The fraction of sp³-hybridized carbons (Fsp3) is 0.174. The number of anilines is 1. The van der Waals surface area contributed by atoms with Crippen molar-refractivity contribution in [3.63, 3.8) is 0 Å². The molecule has 150 valence electrons. The van der Waals surface area contributed by atoms with Gasteiger partial charge in [0.05, 0.1) is 16.6 Å². The van der Waals surface area contributed by atoms with Gasteiger partial charge in [-0.1, -0.05) is 66.2 Å². The second-order valence-electron chi connectivity index (χ2n) is 6.86. The summed E-state index contributed by atoms with van der Waals surface area (Å²) in [5.74, 6) is -0.374. The number of carbonyl (C=O) groups excluding carboxylic acids is 1. The van der Waals surface area contributed by atoms with Crippen LogP contribution in [-0.4, -0.2) is 20.9 Å². The van der Waals surface area contributed by atoms with Gasteiger partial charge in [0.1, 0.15) is 6.54 Å². The summed E-state index contributed by atoms with van der Waals surface area (Å²) in [5.41, 5.74) is 2.36. The van der Waals surface area contributed by atoms with E-state index in [9.17, 15) is 13.2 Å². The molecule has 0 aliphatic heterocycles. The standard InChI is InChI=1S/C23H24N2O3S/c1-18-13-15-22(16-14-18)29(27,28)25(21-11-7-4-8-12-21)17-23(26)24-19(2)20-9-5-3-6-10-20/h3-16,19H,17H2,1-2H3,(H,24,26). The quantitative estimate of drug-likeness (QED) is 0.641. The number of amides is 1. The minimum Gasteiger partial charge on any atom is -0.348 e. The van der Waals surface area contributed by atoms with E-state index in [4.69, 9.17) is 0 Å². The molecule has 0 aromatic heterocycles. The summed E-state index contributed by atoms with van der Waals surface area (Å²) in [4.78, 5) is 12.9. The van der Waals surface area contributed by atoms with Crippen LogP contribution in [0.5, 0.6) is 0 Å². The Morgan fingerprint density at radius 2 is 1.45 bits per heavy atom. The average molecular weight is 409 g/mol. The summed E-state index contributed by atoms with van der Waals surface area (Å²) in [6.45, 7) is 3.45. The lowest BCUT2D eigenvalue weighted by Gasteiger charge is -2.25. The molecule has 0 spiro atoms. The van der Waals surface area contributed by atoms with E-state index >= 15 is 0 Å². The third kappa shape index (κ3) is 5.03. The highest BCUT2D eigenvalue weighted by Crippen LogP contribution is 2.24. The Balaban J connectivity index is 1.86. The van der Waals surface area contributed by atoms with E-state index in [0.29, 0.717) is 5.69 Å². The first-order valence-electron chi connectivity index (χ1n) is 9.36. The van der Waals surface area contributed by atoms with Crippen LogP contribution in [-0.2, 0) is 14.8 Å². The van der Waals surface area contributed by atoms with E-state index in [1.165, 1.54) is 0 Å². The first kappa shape index (κ1) is 20.6. The van der Waals surface area contributed by atoms with Crippen molar-refractivity contribution in [3.05, 3.63) is 96.1 Å². The maximum atomic E-state index is 13.3. The minimum absolute atomic E-state index is 0.149. The summed E-state index contributed by atoms with van der Waals surface area (Å²) < 4.78 is 27.7. The molecule has 1 amide bonds. The summed E-state index contributed by atoms with van der Waals surface area (Å²) in [5, 5.41) is 2.88. The fourth-order valence-corrected chi connectivity index (χ4v) is 4.41. The zero-order valence-electron chi connectivity index (χ0n) is 16.4. The molecule has 0 heterocycles. The Hall–Kier alpha value is -3.12. The first-order chi connectivity index (χ1) is 13.9. The average Bonchev–Trinajstić information content (AvgIpc) is 2.73. The molecule has 0 radical (unpaired) electrons. The molecule has 1 unspecified atom stereocenters. The molecule has 0 saturated heterocycles. The maximum absolute atomic E-state index is 13.3. The largest absolute Gasteiger partial charge is 0.348 e. The molecular weight excluding hydrogens is 384 g/mol. The molecular formula is C23H24N2O3S. The molecule has 0 bridgehead atoms. The zero-order chi connectivity index (χ0) is 20.9. The van der Waals surface area contributed by atoms with E-state index < -0.39 is 10.0 Å². The molecule has 29 heavy (non-hydrogen) atoms. The van der Waals surface area contributed by atoms with Gasteiger partial charge in [-0.2, -0.15) is 0 Å². The summed E-state index contributed by atoms with van der Waals surface area (Å²) in [7, 11) is -3.89. The number of nitrogens with zero attached hydrogens (tertiary/aromatic N) is 1. The minimum atomic E-state index is -3.89.